The summed E-state index contributed by atoms with van der Waals surface area (Å²) in [6, 6.07) is 12.1. The van der Waals surface area contributed by atoms with Gasteiger partial charge in [0.2, 0.25) is 0 Å². The molecule has 2 aromatic carbocycles. The number of carbonyl (C=O) groups excluding carboxylic acids is 1. The number of benzene rings is 2. The molecular formula is C21H23N3O4S. The molecule has 0 saturated carbocycles. The third-order valence-electron chi connectivity index (χ3n) is 4.59. The summed E-state index contributed by atoms with van der Waals surface area (Å²) in [5.41, 5.74) is 2.52. The van der Waals surface area contributed by atoms with E-state index in [9.17, 15) is 4.79 Å². The van der Waals surface area contributed by atoms with Crippen LogP contribution in [0.15, 0.2) is 53.7 Å². The molecule has 8 heteroatoms. The summed E-state index contributed by atoms with van der Waals surface area (Å²) < 4.78 is 16.1. The standard InChI is InChI=1S/C21H23N3O4S/c1-12-18(20(25)23-13-6-5-7-14(10-13)26-2)19(24-21(29)22-12)16-11-15(27-3)8-9-17(16)28-4/h5-11,19H,1-4H3,(H,23,25)(H2,22,24,29)/t19-/m1/s1. The number of methoxy groups -OCH3 is 3. The average molecular weight is 413 g/mol. The molecule has 0 bridgehead atoms. The predicted molar refractivity (Wildman–Crippen MR) is 115 cm³/mol. The zero-order valence-corrected chi connectivity index (χ0v) is 17.5. The number of ether oxygens (including phenoxy) is 3. The zero-order chi connectivity index (χ0) is 21.0. The molecular weight excluding hydrogens is 390 g/mol. The Morgan fingerprint density at radius 2 is 1.76 bits per heavy atom. The molecule has 3 N–H and O–H groups in total. The third kappa shape index (κ3) is 4.43. The Balaban J connectivity index is 2.01. The maximum atomic E-state index is 13.2. The summed E-state index contributed by atoms with van der Waals surface area (Å²) in [6.07, 6.45) is 0. The van der Waals surface area contributed by atoms with E-state index in [1.54, 1.807) is 45.6 Å². The Morgan fingerprint density at radius 1 is 1.03 bits per heavy atom. The van der Waals surface area contributed by atoms with Gasteiger partial charge in [-0.25, -0.2) is 0 Å². The second kappa shape index (κ2) is 8.83. The lowest BCUT2D eigenvalue weighted by atomic mass is 9.94. The van der Waals surface area contributed by atoms with Crippen molar-refractivity contribution in [2.24, 2.45) is 0 Å². The van der Waals surface area contributed by atoms with Crippen LogP contribution in [0, 0.1) is 0 Å². The van der Waals surface area contributed by atoms with E-state index in [1.165, 1.54) is 0 Å². The first-order chi connectivity index (χ1) is 14.0. The van der Waals surface area contributed by atoms with Crippen LogP contribution in [0.3, 0.4) is 0 Å². The van der Waals surface area contributed by atoms with Gasteiger partial charge in [0, 0.05) is 23.0 Å². The lowest BCUT2D eigenvalue weighted by Gasteiger charge is -2.31. The summed E-state index contributed by atoms with van der Waals surface area (Å²) in [6.45, 7) is 1.81. The molecule has 0 unspecified atom stereocenters. The molecule has 7 nitrogen and oxygen atoms in total. The first-order valence-electron chi connectivity index (χ1n) is 8.92. The van der Waals surface area contributed by atoms with Crippen LogP contribution in [0.25, 0.3) is 0 Å². The van der Waals surface area contributed by atoms with Crippen molar-refractivity contribution in [2.45, 2.75) is 13.0 Å². The van der Waals surface area contributed by atoms with Gasteiger partial charge in [-0.2, -0.15) is 0 Å². The molecule has 1 heterocycles. The van der Waals surface area contributed by atoms with E-state index in [0.29, 0.717) is 39.3 Å². The van der Waals surface area contributed by atoms with Crippen molar-refractivity contribution in [1.82, 2.24) is 10.6 Å². The molecule has 1 amide bonds. The molecule has 0 aromatic heterocycles. The van der Waals surface area contributed by atoms with Crippen molar-refractivity contribution < 1.29 is 19.0 Å². The van der Waals surface area contributed by atoms with Gasteiger partial charge < -0.3 is 30.2 Å². The average Bonchev–Trinajstić information content (AvgIpc) is 2.72. The van der Waals surface area contributed by atoms with Gasteiger partial charge in [0.05, 0.1) is 32.9 Å². The van der Waals surface area contributed by atoms with Gasteiger partial charge in [-0.3, -0.25) is 4.79 Å². The van der Waals surface area contributed by atoms with E-state index < -0.39 is 6.04 Å². The minimum atomic E-state index is -0.514. The van der Waals surface area contributed by atoms with Crippen LogP contribution in [0.4, 0.5) is 5.69 Å². The van der Waals surface area contributed by atoms with Crippen LogP contribution in [0.5, 0.6) is 17.2 Å². The summed E-state index contributed by atoms with van der Waals surface area (Å²) in [5.74, 6) is 1.65. The fraction of sp³-hybridized carbons (Fsp3) is 0.238. The zero-order valence-electron chi connectivity index (χ0n) is 16.7. The number of hydrogen-bond acceptors (Lipinski definition) is 5. The predicted octanol–water partition coefficient (Wildman–Crippen LogP) is 3.14. The molecule has 0 saturated heterocycles. The molecule has 3 rings (SSSR count). The van der Waals surface area contributed by atoms with Gasteiger partial charge in [-0.05, 0) is 49.5 Å². The normalized spacial score (nSPS) is 15.9. The molecule has 2 aromatic rings. The van der Waals surface area contributed by atoms with Crippen molar-refractivity contribution in [3.05, 3.63) is 59.3 Å². The minimum absolute atomic E-state index is 0.270. The summed E-state index contributed by atoms with van der Waals surface area (Å²) in [5, 5.41) is 9.55. The Bertz CT molecular complexity index is 974. The maximum absolute atomic E-state index is 13.2. The van der Waals surface area contributed by atoms with Crippen LogP contribution in [0.1, 0.15) is 18.5 Å². The topological polar surface area (TPSA) is 80.9 Å². The molecule has 1 aliphatic heterocycles. The molecule has 1 atom stereocenters. The molecule has 0 radical (unpaired) electrons. The van der Waals surface area contributed by atoms with E-state index in [1.807, 2.05) is 25.1 Å². The summed E-state index contributed by atoms with van der Waals surface area (Å²) >= 11 is 5.33. The lowest BCUT2D eigenvalue weighted by molar-refractivity contribution is -0.113. The number of carbonyl (C=O) groups is 1. The van der Waals surface area contributed by atoms with Gasteiger partial charge in [-0.1, -0.05) is 6.07 Å². The largest absolute Gasteiger partial charge is 0.497 e. The second-order valence-corrected chi connectivity index (χ2v) is 6.77. The summed E-state index contributed by atoms with van der Waals surface area (Å²) in [4.78, 5) is 13.2. The highest BCUT2D eigenvalue weighted by Crippen LogP contribution is 2.36. The van der Waals surface area contributed by atoms with E-state index in [-0.39, 0.29) is 5.91 Å². The van der Waals surface area contributed by atoms with Crippen molar-refractivity contribution in [3.63, 3.8) is 0 Å². The summed E-state index contributed by atoms with van der Waals surface area (Å²) in [7, 11) is 4.75. The van der Waals surface area contributed by atoms with Crippen molar-refractivity contribution in [1.29, 1.82) is 0 Å². The van der Waals surface area contributed by atoms with Crippen LogP contribution in [-0.2, 0) is 4.79 Å². The van der Waals surface area contributed by atoms with E-state index in [0.717, 1.165) is 5.56 Å². The number of amides is 1. The highest BCUT2D eigenvalue weighted by atomic mass is 32.1. The van der Waals surface area contributed by atoms with Crippen molar-refractivity contribution >= 4 is 28.9 Å². The molecule has 0 aliphatic carbocycles. The van der Waals surface area contributed by atoms with Crippen molar-refractivity contribution in [2.75, 3.05) is 26.6 Å². The van der Waals surface area contributed by atoms with Gasteiger partial charge in [0.1, 0.15) is 17.2 Å². The highest BCUT2D eigenvalue weighted by Gasteiger charge is 2.32. The maximum Gasteiger partial charge on any atom is 0.255 e. The van der Waals surface area contributed by atoms with Gasteiger partial charge >= 0.3 is 0 Å². The number of nitrogens with one attached hydrogen (secondary N) is 3. The first-order valence-corrected chi connectivity index (χ1v) is 9.33. The lowest BCUT2D eigenvalue weighted by Crippen LogP contribution is -2.45. The fourth-order valence-electron chi connectivity index (χ4n) is 3.19. The van der Waals surface area contributed by atoms with Crippen LogP contribution in [-0.4, -0.2) is 32.3 Å². The smallest absolute Gasteiger partial charge is 0.255 e. The van der Waals surface area contributed by atoms with Crippen LogP contribution in [0.2, 0.25) is 0 Å². The second-order valence-electron chi connectivity index (χ2n) is 6.36. The van der Waals surface area contributed by atoms with E-state index in [2.05, 4.69) is 16.0 Å². The van der Waals surface area contributed by atoms with Gasteiger partial charge in [0.25, 0.3) is 5.91 Å². The SMILES string of the molecule is COc1cccc(NC(=O)C2=C(C)NC(=S)N[C@@H]2c2cc(OC)ccc2OC)c1. The van der Waals surface area contributed by atoms with Gasteiger partial charge in [-0.15, -0.1) is 0 Å². The van der Waals surface area contributed by atoms with Crippen LogP contribution >= 0.6 is 12.2 Å². The molecule has 0 fully saturated rings. The molecule has 152 valence electrons. The number of anilines is 1. The quantitative estimate of drug-likeness (QED) is 0.628. The highest BCUT2D eigenvalue weighted by molar-refractivity contribution is 7.80. The number of thiocarbonyl (C=S) groups is 1. The molecule has 29 heavy (non-hydrogen) atoms. The fourth-order valence-corrected chi connectivity index (χ4v) is 3.46. The van der Waals surface area contributed by atoms with Crippen molar-refractivity contribution in [3.8, 4) is 17.2 Å². The Morgan fingerprint density at radius 3 is 2.45 bits per heavy atom. The van der Waals surface area contributed by atoms with E-state index in [4.69, 9.17) is 26.4 Å². The van der Waals surface area contributed by atoms with Crippen LogP contribution < -0.4 is 30.2 Å². The Hall–Kier alpha value is -3.26. The Kier molecular flexibility index (Phi) is 6.23. The minimum Gasteiger partial charge on any atom is -0.497 e. The monoisotopic (exact) mass is 413 g/mol. The van der Waals surface area contributed by atoms with E-state index >= 15 is 0 Å². The number of allylic oxidation sites excluding steroid dienone is 1. The molecule has 1 aliphatic rings. The number of hydrogen-bond donors (Lipinski definition) is 3. The third-order valence-corrected chi connectivity index (χ3v) is 4.81. The number of rotatable bonds is 6. The van der Waals surface area contributed by atoms with Gasteiger partial charge in [0.15, 0.2) is 5.11 Å². The Labute approximate surface area is 175 Å². The molecule has 0 spiro atoms. The first kappa shape index (κ1) is 20.5.